The first-order valence-corrected chi connectivity index (χ1v) is 5.44. The SMILES string of the molecule is CC(C)CNC(=O)CC(CN)C(C)C. The molecule has 0 aromatic rings. The summed E-state index contributed by atoms with van der Waals surface area (Å²) in [6, 6.07) is 0. The average Bonchev–Trinajstić information content (AvgIpc) is 2.10. The molecular formula is C11H24N2O. The summed E-state index contributed by atoms with van der Waals surface area (Å²) < 4.78 is 0. The standard InChI is InChI=1S/C11H24N2O/c1-8(2)7-13-11(14)5-10(6-12)9(3)4/h8-10H,5-7,12H2,1-4H3,(H,13,14). The number of rotatable bonds is 6. The van der Waals surface area contributed by atoms with Crippen molar-refractivity contribution in [2.45, 2.75) is 34.1 Å². The lowest BCUT2D eigenvalue weighted by molar-refractivity contribution is -0.122. The maximum atomic E-state index is 11.5. The molecule has 84 valence electrons. The molecule has 0 heterocycles. The van der Waals surface area contributed by atoms with Crippen molar-refractivity contribution in [1.82, 2.24) is 5.32 Å². The predicted molar refractivity (Wildman–Crippen MR) is 59.8 cm³/mol. The molecule has 0 rings (SSSR count). The van der Waals surface area contributed by atoms with Gasteiger partial charge in [0, 0.05) is 13.0 Å². The molecule has 0 saturated carbocycles. The fourth-order valence-corrected chi connectivity index (χ4v) is 1.22. The lowest BCUT2D eigenvalue weighted by atomic mass is 9.92. The van der Waals surface area contributed by atoms with Crippen LogP contribution in [0.3, 0.4) is 0 Å². The summed E-state index contributed by atoms with van der Waals surface area (Å²) in [5, 5.41) is 2.91. The van der Waals surface area contributed by atoms with Crippen molar-refractivity contribution in [3.63, 3.8) is 0 Å². The van der Waals surface area contributed by atoms with E-state index in [4.69, 9.17) is 5.73 Å². The number of carbonyl (C=O) groups excluding carboxylic acids is 1. The number of carbonyl (C=O) groups is 1. The van der Waals surface area contributed by atoms with E-state index in [1.54, 1.807) is 0 Å². The van der Waals surface area contributed by atoms with Crippen LogP contribution in [-0.4, -0.2) is 19.0 Å². The van der Waals surface area contributed by atoms with Crippen LogP contribution in [0, 0.1) is 17.8 Å². The molecular weight excluding hydrogens is 176 g/mol. The van der Waals surface area contributed by atoms with Gasteiger partial charge in [-0.25, -0.2) is 0 Å². The first-order valence-electron chi connectivity index (χ1n) is 5.44. The summed E-state index contributed by atoms with van der Waals surface area (Å²) in [6.07, 6.45) is 0.556. The second-order valence-corrected chi connectivity index (χ2v) is 4.64. The molecule has 3 nitrogen and oxygen atoms in total. The molecule has 0 aromatic heterocycles. The van der Waals surface area contributed by atoms with E-state index in [1.165, 1.54) is 0 Å². The van der Waals surface area contributed by atoms with Crippen LogP contribution in [-0.2, 0) is 4.79 Å². The normalized spacial score (nSPS) is 13.4. The number of nitrogens with one attached hydrogen (secondary N) is 1. The topological polar surface area (TPSA) is 55.1 Å². The van der Waals surface area contributed by atoms with E-state index in [-0.39, 0.29) is 5.91 Å². The Morgan fingerprint density at radius 2 is 1.86 bits per heavy atom. The highest BCUT2D eigenvalue weighted by molar-refractivity contribution is 5.76. The Hall–Kier alpha value is -0.570. The fraction of sp³-hybridized carbons (Fsp3) is 0.909. The zero-order chi connectivity index (χ0) is 11.1. The molecule has 1 unspecified atom stereocenters. The maximum Gasteiger partial charge on any atom is 0.220 e. The summed E-state index contributed by atoms with van der Waals surface area (Å²) in [4.78, 5) is 11.5. The molecule has 0 bridgehead atoms. The summed E-state index contributed by atoms with van der Waals surface area (Å²) in [6.45, 7) is 9.73. The summed E-state index contributed by atoms with van der Waals surface area (Å²) >= 11 is 0. The highest BCUT2D eigenvalue weighted by Gasteiger charge is 2.15. The van der Waals surface area contributed by atoms with Crippen molar-refractivity contribution in [3.05, 3.63) is 0 Å². The molecule has 3 heteroatoms. The van der Waals surface area contributed by atoms with Crippen molar-refractivity contribution in [3.8, 4) is 0 Å². The Bertz CT molecular complexity index is 167. The van der Waals surface area contributed by atoms with Gasteiger partial charge in [-0.2, -0.15) is 0 Å². The Kier molecular flexibility index (Phi) is 6.54. The number of hydrogen-bond acceptors (Lipinski definition) is 2. The minimum atomic E-state index is 0.128. The number of nitrogens with two attached hydrogens (primary N) is 1. The van der Waals surface area contributed by atoms with Crippen LogP contribution < -0.4 is 11.1 Å². The van der Waals surface area contributed by atoms with Crippen LogP contribution in [0.5, 0.6) is 0 Å². The molecule has 0 radical (unpaired) electrons. The van der Waals surface area contributed by atoms with E-state index in [9.17, 15) is 4.79 Å². The van der Waals surface area contributed by atoms with Gasteiger partial charge in [-0.1, -0.05) is 27.7 Å². The molecule has 0 fully saturated rings. The van der Waals surface area contributed by atoms with Crippen molar-refractivity contribution in [2.24, 2.45) is 23.5 Å². The van der Waals surface area contributed by atoms with E-state index in [2.05, 4.69) is 33.0 Å². The first-order chi connectivity index (χ1) is 6.47. The lowest BCUT2D eigenvalue weighted by Crippen LogP contribution is -2.32. The first kappa shape index (κ1) is 13.4. The fourth-order valence-electron chi connectivity index (χ4n) is 1.22. The molecule has 0 saturated heterocycles. The minimum absolute atomic E-state index is 0.128. The van der Waals surface area contributed by atoms with Crippen molar-refractivity contribution >= 4 is 5.91 Å². The minimum Gasteiger partial charge on any atom is -0.356 e. The second-order valence-electron chi connectivity index (χ2n) is 4.64. The van der Waals surface area contributed by atoms with Gasteiger partial charge in [0.2, 0.25) is 5.91 Å². The zero-order valence-electron chi connectivity index (χ0n) is 9.84. The Labute approximate surface area is 87.4 Å². The Morgan fingerprint density at radius 3 is 2.21 bits per heavy atom. The predicted octanol–water partition coefficient (Wildman–Crippen LogP) is 1.38. The van der Waals surface area contributed by atoms with Gasteiger partial charge >= 0.3 is 0 Å². The Balaban J connectivity index is 3.79. The number of amides is 1. The van der Waals surface area contributed by atoms with Crippen LogP contribution in [0.25, 0.3) is 0 Å². The summed E-state index contributed by atoms with van der Waals surface area (Å²) in [5.74, 6) is 1.42. The monoisotopic (exact) mass is 200 g/mol. The van der Waals surface area contributed by atoms with Gasteiger partial charge < -0.3 is 11.1 Å². The number of hydrogen-bond donors (Lipinski definition) is 2. The maximum absolute atomic E-state index is 11.5. The third kappa shape index (κ3) is 5.97. The second kappa shape index (κ2) is 6.82. The van der Waals surface area contributed by atoms with E-state index in [0.29, 0.717) is 30.7 Å². The molecule has 14 heavy (non-hydrogen) atoms. The van der Waals surface area contributed by atoms with Crippen LogP contribution >= 0.6 is 0 Å². The highest BCUT2D eigenvalue weighted by atomic mass is 16.1. The third-order valence-electron chi connectivity index (χ3n) is 2.40. The van der Waals surface area contributed by atoms with Crippen LogP contribution in [0.2, 0.25) is 0 Å². The molecule has 0 aliphatic carbocycles. The van der Waals surface area contributed by atoms with Crippen LogP contribution in [0.4, 0.5) is 0 Å². The van der Waals surface area contributed by atoms with Gasteiger partial charge in [-0.3, -0.25) is 4.79 Å². The smallest absolute Gasteiger partial charge is 0.220 e. The van der Waals surface area contributed by atoms with Crippen LogP contribution in [0.15, 0.2) is 0 Å². The largest absolute Gasteiger partial charge is 0.356 e. The van der Waals surface area contributed by atoms with E-state index in [1.807, 2.05) is 0 Å². The van der Waals surface area contributed by atoms with Gasteiger partial charge in [0.1, 0.15) is 0 Å². The summed E-state index contributed by atoms with van der Waals surface area (Å²) in [5.41, 5.74) is 5.60. The van der Waals surface area contributed by atoms with Gasteiger partial charge in [-0.15, -0.1) is 0 Å². The van der Waals surface area contributed by atoms with Crippen molar-refractivity contribution in [2.75, 3.05) is 13.1 Å². The molecule has 3 N–H and O–H groups in total. The van der Waals surface area contributed by atoms with Crippen molar-refractivity contribution < 1.29 is 4.79 Å². The molecule has 0 aliphatic heterocycles. The zero-order valence-corrected chi connectivity index (χ0v) is 9.84. The van der Waals surface area contributed by atoms with Gasteiger partial charge in [0.25, 0.3) is 0 Å². The van der Waals surface area contributed by atoms with E-state index >= 15 is 0 Å². The van der Waals surface area contributed by atoms with Gasteiger partial charge in [-0.05, 0) is 24.3 Å². The highest BCUT2D eigenvalue weighted by Crippen LogP contribution is 2.13. The molecule has 0 aromatic carbocycles. The van der Waals surface area contributed by atoms with Gasteiger partial charge in [0.15, 0.2) is 0 Å². The van der Waals surface area contributed by atoms with E-state index < -0.39 is 0 Å². The molecule has 1 amide bonds. The third-order valence-corrected chi connectivity index (χ3v) is 2.40. The van der Waals surface area contributed by atoms with Crippen molar-refractivity contribution in [1.29, 1.82) is 0 Å². The van der Waals surface area contributed by atoms with Gasteiger partial charge in [0.05, 0.1) is 0 Å². The lowest BCUT2D eigenvalue weighted by Gasteiger charge is -2.18. The van der Waals surface area contributed by atoms with Crippen LogP contribution in [0.1, 0.15) is 34.1 Å². The van der Waals surface area contributed by atoms with E-state index in [0.717, 1.165) is 6.54 Å². The summed E-state index contributed by atoms with van der Waals surface area (Å²) in [7, 11) is 0. The molecule has 0 aliphatic rings. The average molecular weight is 200 g/mol. The Morgan fingerprint density at radius 1 is 1.29 bits per heavy atom. The molecule has 1 atom stereocenters. The quantitative estimate of drug-likeness (QED) is 0.680. The molecule has 0 spiro atoms.